The Morgan fingerprint density at radius 1 is 1.20 bits per heavy atom. The summed E-state index contributed by atoms with van der Waals surface area (Å²) < 4.78 is 0. The first kappa shape index (κ1) is 12.7. The molecule has 0 aromatic carbocycles. The van der Waals surface area contributed by atoms with Gasteiger partial charge in [-0.05, 0) is 12.8 Å². The van der Waals surface area contributed by atoms with Crippen molar-refractivity contribution in [1.82, 2.24) is 0 Å². The first-order valence-corrected chi connectivity index (χ1v) is 6.08. The van der Waals surface area contributed by atoms with Crippen molar-refractivity contribution >= 4 is 5.78 Å². The Labute approximate surface area is 93.1 Å². The summed E-state index contributed by atoms with van der Waals surface area (Å²) in [5, 5.41) is 10.6. The maximum atomic E-state index is 12.1. The third-order valence-electron chi connectivity index (χ3n) is 3.98. The molecule has 0 heterocycles. The van der Waals surface area contributed by atoms with Crippen LogP contribution in [0, 0.1) is 11.3 Å². The lowest BCUT2D eigenvalue weighted by Crippen LogP contribution is -2.51. The molecule has 88 valence electrons. The lowest BCUT2D eigenvalue weighted by atomic mass is 9.63. The standard InChI is InChI=1S/C13H24O2/c1-10(2)11(14)12(3,4)13(15)8-6-5-7-9-13/h10,15H,5-9H2,1-4H3. The number of Topliss-reactive ketones (excluding diaryl/α,β-unsaturated/α-hetero) is 1. The van der Waals surface area contributed by atoms with Crippen LogP contribution in [0.1, 0.15) is 59.8 Å². The summed E-state index contributed by atoms with van der Waals surface area (Å²) >= 11 is 0. The van der Waals surface area contributed by atoms with Crippen LogP contribution in [-0.4, -0.2) is 16.5 Å². The van der Waals surface area contributed by atoms with Crippen LogP contribution in [0.15, 0.2) is 0 Å². The second-order valence-electron chi connectivity index (χ2n) is 5.74. The molecule has 0 aromatic heterocycles. The van der Waals surface area contributed by atoms with E-state index in [1.54, 1.807) is 0 Å². The van der Waals surface area contributed by atoms with E-state index in [1.807, 2.05) is 27.7 Å². The summed E-state index contributed by atoms with van der Waals surface area (Å²) in [4.78, 5) is 12.1. The number of aliphatic hydroxyl groups is 1. The Balaban J connectivity index is 2.87. The van der Waals surface area contributed by atoms with Crippen molar-refractivity contribution in [2.45, 2.75) is 65.4 Å². The summed E-state index contributed by atoms with van der Waals surface area (Å²) in [6, 6.07) is 0. The molecule has 0 spiro atoms. The lowest BCUT2D eigenvalue weighted by Gasteiger charge is -2.45. The number of hydrogen-bond acceptors (Lipinski definition) is 2. The van der Waals surface area contributed by atoms with Gasteiger partial charge in [0, 0.05) is 5.92 Å². The summed E-state index contributed by atoms with van der Waals surface area (Å²) in [5.74, 6) is 0.192. The van der Waals surface area contributed by atoms with Crippen LogP contribution in [-0.2, 0) is 4.79 Å². The van der Waals surface area contributed by atoms with E-state index in [0.29, 0.717) is 0 Å². The molecule has 1 rings (SSSR count). The molecule has 1 fully saturated rings. The van der Waals surface area contributed by atoms with E-state index in [0.717, 1.165) is 25.7 Å². The fourth-order valence-corrected chi connectivity index (χ4v) is 2.71. The highest BCUT2D eigenvalue weighted by atomic mass is 16.3. The van der Waals surface area contributed by atoms with Gasteiger partial charge >= 0.3 is 0 Å². The normalized spacial score (nSPS) is 21.7. The maximum Gasteiger partial charge on any atom is 0.143 e. The summed E-state index contributed by atoms with van der Waals surface area (Å²) in [6.07, 6.45) is 4.84. The van der Waals surface area contributed by atoms with Gasteiger partial charge in [-0.1, -0.05) is 47.0 Å². The van der Waals surface area contributed by atoms with Gasteiger partial charge in [-0.15, -0.1) is 0 Å². The van der Waals surface area contributed by atoms with Crippen LogP contribution < -0.4 is 0 Å². The van der Waals surface area contributed by atoms with Gasteiger partial charge in [-0.2, -0.15) is 0 Å². The SMILES string of the molecule is CC(C)C(=O)C(C)(C)C1(O)CCCCC1. The minimum absolute atomic E-state index is 0.00551. The maximum absolute atomic E-state index is 12.1. The van der Waals surface area contributed by atoms with Crippen LogP contribution in [0.5, 0.6) is 0 Å². The molecule has 15 heavy (non-hydrogen) atoms. The molecule has 0 radical (unpaired) electrons. The van der Waals surface area contributed by atoms with Gasteiger partial charge in [-0.3, -0.25) is 4.79 Å². The van der Waals surface area contributed by atoms with E-state index in [1.165, 1.54) is 6.42 Å². The van der Waals surface area contributed by atoms with Crippen molar-refractivity contribution < 1.29 is 9.90 Å². The molecule has 0 bridgehead atoms. The van der Waals surface area contributed by atoms with E-state index in [4.69, 9.17) is 0 Å². The first-order chi connectivity index (χ1) is 6.81. The fraction of sp³-hybridized carbons (Fsp3) is 0.923. The quantitative estimate of drug-likeness (QED) is 0.781. The van der Waals surface area contributed by atoms with Crippen LogP contribution in [0.25, 0.3) is 0 Å². The summed E-state index contributed by atoms with van der Waals surface area (Å²) in [7, 11) is 0. The van der Waals surface area contributed by atoms with Crippen molar-refractivity contribution in [3.05, 3.63) is 0 Å². The predicted octanol–water partition coefficient (Wildman–Crippen LogP) is 2.93. The van der Waals surface area contributed by atoms with Crippen molar-refractivity contribution in [3.63, 3.8) is 0 Å². The van der Waals surface area contributed by atoms with Gasteiger partial charge in [0.1, 0.15) is 5.78 Å². The molecule has 1 N–H and O–H groups in total. The molecule has 0 aliphatic heterocycles. The molecule has 2 nitrogen and oxygen atoms in total. The van der Waals surface area contributed by atoms with Crippen molar-refractivity contribution in [1.29, 1.82) is 0 Å². The molecule has 1 aliphatic carbocycles. The minimum atomic E-state index is -0.771. The van der Waals surface area contributed by atoms with E-state index < -0.39 is 11.0 Å². The highest BCUT2D eigenvalue weighted by molar-refractivity contribution is 5.87. The fourth-order valence-electron chi connectivity index (χ4n) is 2.71. The Bertz CT molecular complexity index is 235. The highest BCUT2D eigenvalue weighted by Crippen LogP contribution is 2.43. The van der Waals surface area contributed by atoms with E-state index in [2.05, 4.69) is 0 Å². The summed E-state index contributed by atoms with van der Waals surface area (Å²) in [5.41, 5.74) is -1.37. The Morgan fingerprint density at radius 3 is 2.07 bits per heavy atom. The van der Waals surface area contributed by atoms with E-state index in [-0.39, 0.29) is 11.7 Å². The molecular weight excluding hydrogens is 188 g/mol. The first-order valence-electron chi connectivity index (χ1n) is 6.08. The second-order valence-corrected chi connectivity index (χ2v) is 5.74. The molecule has 1 aliphatic rings. The minimum Gasteiger partial charge on any atom is -0.389 e. The van der Waals surface area contributed by atoms with Gasteiger partial charge in [0.05, 0.1) is 11.0 Å². The second kappa shape index (κ2) is 4.25. The predicted molar refractivity (Wildman–Crippen MR) is 61.7 cm³/mol. The zero-order chi connectivity index (χ0) is 11.7. The average molecular weight is 212 g/mol. The van der Waals surface area contributed by atoms with Crippen molar-refractivity contribution in [2.24, 2.45) is 11.3 Å². The van der Waals surface area contributed by atoms with Crippen LogP contribution in [0.2, 0.25) is 0 Å². The molecule has 0 amide bonds. The monoisotopic (exact) mass is 212 g/mol. The number of carbonyl (C=O) groups excluding carboxylic acids is 1. The van der Waals surface area contributed by atoms with Gasteiger partial charge < -0.3 is 5.11 Å². The van der Waals surface area contributed by atoms with Gasteiger partial charge in [0.2, 0.25) is 0 Å². The highest BCUT2D eigenvalue weighted by Gasteiger charge is 2.48. The van der Waals surface area contributed by atoms with E-state index in [9.17, 15) is 9.90 Å². The molecule has 2 heteroatoms. The smallest absolute Gasteiger partial charge is 0.143 e. The molecular formula is C13H24O2. The van der Waals surface area contributed by atoms with Crippen molar-refractivity contribution in [3.8, 4) is 0 Å². The Kier molecular flexibility index (Phi) is 3.59. The van der Waals surface area contributed by atoms with Gasteiger partial charge in [0.15, 0.2) is 0 Å². The number of hydrogen-bond donors (Lipinski definition) is 1. The zero-order valence-electron chi connectivity index (χ0n) is 10.5. The molecule has 0 unspecified atom stereocenters. The van der Waals surface area contributed by atoms with Crippen LogP contribution in [0.3, 0.4) is 0 Å². The Morgan fingerprint density at radius 2 is 1.67 bits per heavy atom. The molecule has 0 aromatic rings. The van der Waals surface area contributed by atoms with Gasteiger partial charge in [-0.25, -0.2) is 0 Å². The molecule has 0 atom stereocenters. The lowest BCUT2D eigenvalue weighted by molar-refractivity contribution is -0.152. The van der Waals surface area contributed by atoms with E-state index >= 15 is 0 Å². The van der Waals surface area contributed by atoms with Crippen molar-refractivity contribution in [2.75, 3.05) is 0 Å². The van der Waals surface area contributed by atoms with Gasteiger partial charge in [0.25, 0.3) is 0 Å². The topological polar surface area (TPSA) is 37.3 Å². The molecule has 0 saturated heterocycles. The Hall–Kier alpha value is -0.370. The largest absolute Gasteiger partial charge is 0.389 e. The zero-order valence-corrected chi connectivity index (χ0v) is 10.5. The third-order valence-corrected chi connectivity index (χ3v) is 3.98. The number of rotatable bonds is 3. The average Bonchev–Trinajstić information content (AvgIpc) is 2.17. The number of ketones is 1. The molecule has 1 saturated carbocycles. The summed E-state index contributed by atoms with van der Waals surface area (Å²) in [6.45, 7) is 7.63. The van der Waals surface area contributed by atoms with Crippen LogP contribution >= 0.6 is 0 Å². The van der Waals surface area contributed by atoms with Crippen LogP contribution in [0.4, 0.5) is 0 Å². The number of carbonyl (C=O) groups is 1. The third kappa shape index (κ3) is 2.25.